The Kier molecular flexibility index (Phi) is 5.59. The number of hydrogen-bond donors (Lipinski definition) is 0. The SMILES string of the molecule is CCn1cc(-n2ccc(=O)c(C(C)c3cccc(-c4ncc(-c5cnn(C)c5)cn4)c3)n2)cn1. The van der Waals surface area contributed by atoms with Crippen molar-refractivity contribution in [1.29, 1.82) is 0 Å². The first-order valence-corrected chi connectivity index (χ1v) is 11.1. The molecule has 4 heterocycles. The molecule has 1 aromatic carbocycles. The summed E-state index contributed by atoms with van der Waals surface area (Å²) in [5, 5.41) is 13.1. The molecule has 1 unspecified atom stereocenters. The van der Waals surface area contributed by atoms with Crippen LogP contribution in [-0.4, -0.2) is 39.3 Å². The van der Waals surface area contributed by atoms with E-state index in [4.69, 9.17) is 0 Å². The second-order valence-corrected chi connectivity index (χ2v) is 8.11. The van der Waals surface area contributed by atoms with Gasteiger partial charge in [-0.05, 0) is 18.6 Å². The van der Waals surface area contributed by atoms with Gasteiger partial charge in [-0.15, -0.1) is 0 Å². The fourth-order valence-corrected chi connectivity index (χ4v) is 3.81. The van der Waals surface area contributed by atoms with E-state index in [1.54, 1.807) is 46.4 Å². The van der Waals surface area contributed by atoms with Crippen LogP contribution in [-0.2, 0) is 13.6 Å². The van der Waals surface area contributed by atoms with Crippen LogP contribution in [0.25, 0.3) is 28.2 Å². The molecule has 0 radical (unpaired) electrons. The van der Waals surface area contributed by atoms with Crippen LogP contribution < -0.4 is 5.43 Å². The molecule has 170 valence electrons. The summed E-state index contributed by atoms with van der Waals surface area (Å²) in [7, 11) is 1.87. The minimum Gasteiger partial charge on any atom is -0.288 e. The Morgan fingerprint density at radius 3 is 2.47 bits per heavy atom. The first-order valence-electron chi connectivity index (χ1n) is 11.1. The molecule has 4 aromatic heterocycles. The average Bonchev–Trinajstić information content (AvgIpc) is 3.53. The van der Waals surface area contributed by atoms with E-state index in [0.29, 0.717) is 11.5 Å². The normalized spacial score (nSPS) is 12.1. The van der Waals surface area contributed by atoms with E-state index in [9.17, 15) is 4.79 Å². The van der Waals surface area contributed by atoms with Crippen LogP contribution in [0.4, 0.5) is 0 Å². The lowest BCUT2D eigenvalue weighted by molar-refractivity contribution is 0.658. The van der Waals surface area contributed by atoms with Gasteiger partial charge in [-0.25, -0.2) is 14.6 Å². The molecule has 0 amide bonds. The highest BCUT2D eigenvalue weighted by atomic mass is 16.1. The maximum atomic E-state index is 12.7. The number of aromatic nitrogens is 8. The molecule has 0 saturated carbocycles. The van der Waals surface area contributed by atoms with Crippen molar-refractivity contribution in [2.75, 3.05) is 0 Å². The van der Waals surface area contributed by atoms with E-state index in [2.05, 4.69) is 25.3 Å². The first kappa shape index (κ1) is 21.4. The molecule has 0 N–H and O–H groups in total. The summed E-state index contributed by atoms with van der Waals surface area (Å²) in [5.41, 5.74) is 4.89. The molecular weight excluding hydrogens is 428 g/mol. The third kappa shape index (κ3) is 4.15. The number of aryl methyl sites for hydroxylation is 2. The van der Waals surface area contributed by atoms with Gasteiger partial charge >= 0.3 is 0 Å². The molecule has 34 heavy (non-hydrogen) atoms. The third-order valence-electron chi connectivity index (χ3n) is 5.79. The van der Waals surface area contributed by atoms with Gasteiger partial charge in [0.25, 0.3) is 0 Å². The molecule has 5 rings (SSSR count). The molecule has 5 aromatic rings. The highest BCUT2D eigenvalue weighted by Crippen LogP contribution is 2.26. The minimum atomic E-state index is -0.212. The van der Waals surface area contributed by atoms with E-state index in [0.717, 1.165) is 34.5 Å². The Balaban J connectivity index is 1.44. The van der Waals surface area contributed by atoms with Gasteiger partial charge in [0.2, 0.25) is 5.43 Å². The standard InChI is InChI=1S/C25H24N8O/c1-4-32-16-22(14-29-32)33-9-8-23(34)24(30-33)17(2)18-6-5-7-19(10-18)25-26-11-20(12-27-25)21-13-28-31(3)15-21/h5-17H,4H2,1-3H3. The van der Waals surface area contributed by atoms with Crippen LogP contribution in [0.15, 0.2) is 78.5 Å². The number of nitrogens with zero attached hydrogens (tertiary/aromatic N) is 8. The Bertz CT molecular complexity index is 1500. The van der Waals surface area contributed by atoms with Crippen molar-refractivity contribution >= 4 is 0 Å². The molecule has 9 nitrogen and oxygen atoms in total. The summed E-state index contributed by atoms with van der Waals surface area (Å²) in [6.45, 7) is 4.77. The minimum absolute atomic E-state index is 0.103. The van der Waals surface area contributed by atoms with Crippen LogP contribution in [0, 0.1) is 0 Å². The number of hydrogen-bond acceptors (Lipinski definition) is 6. The lowest BCUT2D eigenvalue weighted by Gasteiger charge is -2.13. The van der Waals surface area contributed by atoms with Gasteiger partial charge in [-0.2, -0.15) is 15.3 Å². The fourth-order valence-electron chi connectivity index (χ4n) is 3.81. The summed E-state index contributed by atoms with van der Waals surface area (Å²) < 4.78 is 5.26. The van der Waals surface area contributed by atoms with Gasteiger partial charge in [0.15, 0.2) is 5.82 Å². The van der Waals surface area contributed by atoms with Crippen molar-refractivity contribution in [2.24, 2.45) is 7.05 Å². The van der Waals surface area contributed by atoms with Crippen LogP contribution in [0.5, 0.6) is 0 Å². The highest BCUT2D eigenvalue weighted by Gasteiger charge is 2.16. The summed E-state index contributed by atoms with van der Waals surface area (Å²) in [6.07, 6.45) is 12.6. The largest absolute Gasteiger partial charge is 0.288 e. The second kappa shape index (κ2) is 8.86. The van der Waals surface area contributed by atoms with E-state index >= 15 is 0 Å². The van der Waals surface area contributed by atoms with Crippen molar-refractivity contribution in [2.45, 2.75) is 26.3 Å². The van der Waals surface area contributed by atoms with Gasteiger partial charge in [-0.1, -0.05) is 25.1 Å². The molecular formula is C25H24N8O. The van der Waals surface area contributed by atoms with E-state index in [1.165, 1.54) is 0 Å². The molecule has 0 fully saturated rings. The van der Waals surface area contributed by atoms with Crippen molar-refractivity contribution in [1.82, 2.24) is 39.3 Å². The number of benzene rings is 1. The van der Waals surface area contributed by atoms with Gasteiger partial charge in [0.1, 0.15) is 11.4 Å². The Morgan fingerprint density at radius 1 is 0.941 bits per heavy atom. The van der Waals surface area contributed by atoms with E-state index < -0.39 is 0 Å². The molecule has 0 bridgehead atoms. The summed E-state index contributed by atoms with van der Waals surface area (Å²) >= 11 is 0. The lowest BCUT2D eigenvalue weighted by atomic mass is 9.95. The van der Waals surface area contributed by atoms with Crippen LogP contribution in [0.1, 0.15) is 31.0 Å². The van der Waals surface area contributed by atoms with Gasteiger partial charge in [0.05, 0.1) is 18.6 Å². The summed E-state index contributed by atoms with van der Waals surface area (Å²) in [6, 6.07) is 9.47. The third-order valence-corrected chi connectivity index (χ3v) is 5.79. The Morgan fingerprint density at radius 2 is 1.76 bits per heavy atom. The monoisotopic (exact) mass is 452 g/mol. The lowest BCUT2D eigenvalue weighted by Crippen LogP contribution is -2.18. The van der Waals surface area contributed by atoms with Crippen LogP contribution in [0.2, 0.25) is 0 Å². The molecule has 9 heteroatoms. The van der Waals surface area contributed by atoms with Crippen LogP contribution >= 0.6 is 0 Å². The topological polar surface area (TPSA) is 96.3 Å². The predicted octanol–water partition coefficient (Wildman–Crippen LogP) is 3.46. The molecule has 0 aliphatic carbocycles. The van der Waals surface area contributed by atoms with Crippen molar-refractivity contribution in [3.05, 3.63) is 95.2 Å². The zero-order valence-electron chi connectivity index (χ0n) is 19.2. The van der Waals surface area contributed by atoms with Crippen molar-refractivity contribution in [3.63, 3.8) is 0 Å². The second-order valence-electron chi connectivity index (χ2n) is 8.11. The van der Waals surface area contributed by atoms with Gasteiger partial charge in [0, 0.05) is 67.1 Å². The molecule has 0 saturated heterocycles. The fraction of sp³-hybridized carbons (Fsp3) is 0.200. The van der Waals surface area contributed by atoms with Crippen molar-refractivity contribution in [3.8, 4) is 28.2 Å². The van der Waals surface area contributed by atoms with E-state index in [1.807, 2.05) is 62.2 Å². The first-order chi connectivity index (χ1) is 16.5. The number of rotatable bonds is 6. The van der Waals surface area contributed by atoms with Gasteiger partial charge < -0.3 is 0 Å². The Hall–Kier alpha value is -4.40. The molecule has 0 spiro atoms. The molecule has 0 aliphatic heterocycles. The average molecular weight is 453 g/mol. The zero-order chi connectivity index (χ0) is 23.7. The summed E-state index contributed by atoms with van der Waals surface area (Å²) in [5.74, 6) is 0.405. The maximum absolute atomic E-state index is 12.7. The molecule has 1 atom stereocenters. The van der Waals surface area contributed by atoms with Gasteiger partial charge in [-0.3, -0.25) is 14.2 Å². The van der Waals surface area contributed by atoms with Crippen LogP contribution in [0.3, 0.4) is 0 Å². The van der Waals surface area contributed by atoms with E-state index in [-0.39, 0.29) is 11.3 Å². The quantitative estimate of drug-likeness (QED) is 0.391. The smallest absolute Gasteiger partial charge is 0.203 e. The summed E-state index contributed by atoms with van der Waals surface area (Å²) in [4.78, 5) is 21.8. The van der Waals surface area contributed by atoms with Crippen molar-refractivity contribution < 1.29 is 0 Å². The zero-order valence-corrected chi connectivity index (χ0v) is 19.2. The predicted molar refractivity (Wildman–Crippen MR) is 128 cm³/mol. The highest BCUT2D eigenvalue weighted by molar-refractivity contribution is 5.63. The maximum Gasteiger partial charge on any atom is 0.203 e. The molecule has 0 aliphatic rings. The Labute approximate surface area is 196 Å².